The number of nitrogens with one attached hydrogen (secondary N) is 2. The number of guanidine groups is 1. The summed E-state index contributed by atoms with van der Waals surface area (Å²) in [5.74, 6) is 1.43. The summed E-state index contributed by atoms with van der Waals surface area (Å²) >= 11 is 0. The number of hydrogen-bond donors (Lipinski definition) is 3. The number of hydrogen-bond acceptors (Lipinski definition) is 4. The third-order valence-electron chi connectivity index (χ3n) is 5.42. The first-order valence-corrected chi connectivity index (χ1v) is 9.67. The zero-order chi connectivity index (χ0) is 19.3. The van der Waals surface area contributed by atoms with Gasteiger partial charge in [0.15, 0.2) is 5.96 Å². The Morgan fingerprint density at radius 2 is 2.11 bits per heavy atom. The van der Waals surface area contributed by atoms with Crippen LogP contribution in [0.5, 0.6) is 5.75 Å². The minimum absolute atomic E-state index is 0. The van der Waals surface area contributed by atoms with E-state index < -0.39 is 5.60 Å². The van der Waals surface area contributed by atoms with Crippen molar-refractivity contribution in [2.45, 2.75) is 50.2 Å². The fraction of sp³-hybridized carbons (Fsp3) is 0.600. The van der Waals surface area contributed by atoms with Crippen molar-refractivity contribution < 1.29 is 14.6 Å². The zero-order valence-electron chi connectivity index (χ0n) is 16.6. The maximum Gasteiger partial charge on any atom is 0.229 e. The van der Waals surface area contributed by atoms with Crippen molar-refractivity contribution in [2.24, 2.45) is 4.99 Å². The van der Waals surface area contributed by atoms with E-state index in [0.717, 1.165) is 37.1 Å². The predicted molar refractivity (Wildman–Crippen MR) is 122 cm³/mol. The smallest absolute Gasteiger partial charge is 0.229 e. The van der Waals surface area contributed by atoms with E-state index in [1.807, 2.05) is 24.3 Å². The van der Waals surface area contributed by atoms with E-state index in [-0.39, 0.29) is 35.9 Å². The van der Waals surface area contributed by atoms with Crippen LogP contribution in [0.2, 0.25) is 0 Å². The first kappa shape index (κ1) is 22.7. The number of carbonyl (C=O) groups is 1. The summed E-state index contributed by atoms with van der Waals surface area (Å²) in [5.41, 5.74) is 0.177. The van der Waals surface area contributed by atoms with Gasteiger partial charge in [0.25, 0.3) is 0 Å². The average molecular weight is 502 g/mol. The van der Waals surface area contributed by atoms with Crippen LogP contribution in [0, 0.1) is 0 Å². The first-order valence-electron chi connectivity index (χ1n) is 9.67. The zero-order valence-corrected chi connectivity index (χ0v) is 18.9. The van der Waals surface area contributed by atoms with Gasteiger partial charge in [0, 0.05) is 38.3 Å². The number of halogens is 1. The lowest BCUT2D eigenvalue weighted by atomic mass is 9.85. The second kappa shape index (κ2) is 10.3. The van der Waals surface area contributed by atoms with Gasteiger partial charge < -0.3 is 25.4 Å². The quantitative estimate of drug-likeness (QED) is 0.327. The predicted octanol–water partition coefficient (Wildman–Crippen LogP) is 2.28. The molecule has 1 amide bonds. The lowest BCUT2D eigenvalue weighted by Gasteiger charge is -2.33. The molecule has 7 nitrogen and oxygen atoms in total. The lowest BCUT2D eigenvalue weighted by Crippen LogP contribution is -2.50. The molecule has 28 heavy (non-hydrogen) atoms. The second-order valence-corrected chi connectivity index (χ2v) is 7.46. The molecule has 1 unspecified atom stereocenters. The van der Waals surface area contributed by atoms with Gasteiger partial charge in [0.05, 0.1) is 18.8 Å². The van der Waals surface area contributed by atoms with Crippen LogP contribution in [-0.2, 0) is 4.79 Å². The van der Waals surface area contributed by atoms with Crippen molar-refractivity contribution in [2.75, 3.05) is 32.1 Å². The molecule has 0 spiro atoms. The molecule has 3 rings (SSSR count). The van der Waals surface area contributed by atoms with E-state index >= 15 is 0 Å². The summed E-state index contributed by atoms with van der Waals surface area (Å²) in [7, 11) is 3.32. The van der Waals surface area contributed by atoms with Crippen LogP contribution in [0.25, 0.3) is 0 Å². The Labute approximate surface area is 183 Å². The molecule has 1 aliphatic heterocycles. The molecule has 1 aliphatic carbocycles. The molecule has 0 radical (unpaired) electrons. The molecule has 1 saturated heterocycles. The van der Waals surface area contributed by atoms with Gasteiger partial charge in [-0.05, 0) is 25.0 Å². The van der Waals surface area contributed by atoms with Crippen LogP contribution in [0.1, 0.15) is 38.5 Å². The Hall–Kier alpha value is -1.55. The Kier molecular flexibility index (Phi) is 8.36. The molecule has 2 aliphatic rings. The molecule has 0 aromatic heterocycles. The van der Waals surface area contributed by atoms with Crippen LogP contribution in [0.4, 0.5) is 5.69 Å². The van der Waals surface area contributed by atoms with Gasteiger partial charge in [-0.25, -0.2) is 0 Å². The summed E-state index contributed by atoms with van der Waals surface area (Å²) in [6, 6.07) is 7.49. The van der Waals surface area contributed by atoms with Crippen molar-refractivity contribution in [1.82, 2.24) is 10.6 Å². The molecule has 0 bridgehead atoms. The molecule has 1 heterocycles. The molecular formula is C20H31IN4O3. The normalized spacial score (nSPS) is 21.8. The van der Waals surface area contributed by atoms with Gasteiger partial charge >= 0.3 is 0 Å². The van der Waals surface area contributed by atoms with E-state index in [0.29, 0.717) is 25.5 Å². The van der Waals surface area contributed by atoms with Crippen LogP contribution in [0.15, 0.2) is 29.3 Å². The van der Waals surface area contributed by atoms with Crippen LogP contribution in [-0.4, -0.2) is 55.9 Å². The van der Waals surface area contributed by atoms with Crippen molar-refractivity contribution in [3.05, 3.63) is 24.3 Å². The number of benzene rings is 1. The van der Waals surface area contributed by atoms with E-state index in [9.17, 15) is 9.90 Å². The molecule has 8 heteroatoms. The number of aliphatic imine (C=N–C) groups is 1. The third kappa shape index (κ3) is 5.73. The maximum atomic E-state index is 12.5. The molecule has 1 aromatic rings. The summed E-state index contributed by atoms with van der Waals surface area (Å²) in [4.78, 5) is 18.5. The highest BCUT2D eigenvalue weighted by Gasteiger charge is 2.32. The second-order valence-electron chi connectivity index (χ2n) is 7.46. The van der Waals surface area contributed by atoms with Crippen molar-refractivity contribution in [1.29, 1.82) is 0 Å². The molecule has 1 saturated carbocycles. The molecule has 2 fully saturated rings. The summed E-state index contributed by atoms with van der Waals surface area (Å²) in [6.07, 6.45) is 5.38. The van der Waals surface area contributed by atoms with Crippen LogP contribution >= 0.6 is 24.0 Å². The summed E-state index contributed by atoms with van der Waals surface area (Å²) < 4.78 is 5.25. The fourth-order valence-electron chi connectivity index (χ4n) is 3.86. The summed E-state index contributed by atoms with van der Waals surface area (Å²) in [5, 5.41) is 17.2. The largest absolute Gasteiger partial charge is 0.497 e. The average Bonchev–Trinajstić information content (AvgIpc) is 3.06. The monoisotopic (exact) mass is 502 g/mol. The molecule has 1 aromatic carbocycles. The molecule has 1 atom stereocenters. The van der Waals surface area contributed by atoms with Gasteiger partial charge in [-0.15, -0.1) is 24.0 Å². The highest BCUT2D eigenvalue weighted by molar-refractivity contribution is 14.0. The lowest BCUT2D eigenvalue weighted by molar-refractivity contribution is -0.117. The van der Waals surface area contributed by atoms with Crippen LogP contribution < -0.4 is 20.3 Å². The van der Waals surface area contributed by atoms with Crippen molar-refractivity contribution >= 4 is 41.5 Å². The number of aliphatic hydroxyl groups is 1. The SMILES string of the molecule is CN=C(NCC1(O)CCCCC1)NC1CC(=O)N(c2cccc(OC)c2)C1.I. The molecule has 156 valence electrons. The number of nitrogens with zero attached hydrogens (tertiary/aromatic N) is 2. The Morgan fingerprint density at radius 3 is 2.79 bits per heavy atom. The standard InChI is InChI=1S/C20H30N4O3.HI/c1-21-19(22-14-20(26)9-4-3-5-10-20)23-15-11-18(25)24(13-15)16-7-6-8-17(12-16)27-2;/h6-8,12,15,26H,3-5,9-11,13-14H2,1-2H3,(H2,21,22,23);1H. The number of anilines is 1. The number of amides is 1. The summed E-state index contributed by atoms with van der Waals surface area (Å²) in [6.45, 7) is 1.05. The molecular weight excluding hydrogens is 471 g/mol. The van der Waals surface area contributed by atoms with Gasteiger partial charge in [-0.1, -0.05) is 25.3 Å². The number of carbonyl (C=O) groups excluding carboxylic acids is 1. The van der Waals surface area contributed by atoms with E-state index in [1.165, 1.54) is 6.42 Å². The first-order chi connectivity index (χ1) is 13.0. The topological polar surface area (TPSA) is 86.2 Å². The van der Waals surface area contributed by atoms with E-state index in [2.05, 4.69) is 15.6 Å². The van der Waals surface area contributed by atoms with Gasteiger partial charge in [0.1, 0.15) is 5.75 Å². The highest BCUT2D eigenvalue weighted by Crippen LogP contribution is 2.27. The number of methoxy groups -OCH3 is 1. The Morgan fingerprint density at radius 1 is 1.36 bits per heavy atom. The Balaban J connectivity index is 0.00000280. The number of rotatable bonds is 5. The fourth-order valence-corrected chi connectivity index (χ4v) is 3.86. The van der Waals surface area contributed by atoms with Crippen LogP contribution in [0.3, 0.4) is 0 Å². The van der Waals surface area contributed by atoms with Gasteiger partial charge in [-0.2, -0.15) is 0 Å². The minimum atomic E-state index is -0.659. The van der Waals surface area contributed by atoms with Gasteiger partial charge in [0.2, 0.25) is 5.91 Å². The van der Waals surface area contributed by atoms with E-state index in [4.69, 9.17) is 4.74 Å². The van der Waals surface area contributed by atoms with Crippen molar-refractivity contribution in [3.63, 3.8) is 0 Å². The van der Waals surface area contributed by atoms with Crippen molar-refractivity contribution in [3.8, 4) is 5.75 Å². The third-order valence-corrected chi connectivity index (χ3v) is 5.42. The van der Waals surface area contributed by atoms with E-state index in [1.54, 1.807) is 19.1 Å². The molecule has 3 N–H and O–H groups in total. The maximum absolute atomic E-state index is 12.5. The Bertz CT molecular complexity index is 692. The number of ether oxygens (including phenoxy) is 1. The van der Waals surface area contributed by atoms with Gasteiger partial charge in [-0.3, -0.25) is 9.79 Å². The minimum Gasteiger partial charge on any atom is -0.497 e. The highest BCUT2D eigenvalue weighted by atomic mass is 127.